The molecule has 0 saturated heterocycles. The van der Waals surface area contributed by atoms with Crippen molar-refractivity contribution in [2.75, 3.05) is 26.9 Å². The Hall–Kier alpha value is -3.34. The second-order valence-corrected chi connectivity index (χ2v) is 7.33. The van der Waals surface area contributed by atoms with Gasteiger partial charge in [-0.3, -0.25) is 9.59 Å². The average molecular weight is 484 g/mol. The summed E-state index contributed by atoms with van der Waals surface area (Å²) in [4.78, 5) is 47.7. The molecule has 1 aromatic rings. The van der Waals surface area contributed by atoms with Gasteiger partial charge in [0.25, 0.3) is 0 Å². The molecule has 1 atom stereocenters. The van der Waals surface area contributed by atoms with Crippen LogP contribution in [0.4, 0.5) is 9.59 Å². The largest absolute Gasteiger partial charge is 0.513 e. The Morgan fingerprint density at radius 3 is 1.97 bits per heavy atom. The van der Waals surface area contributed by atoms with Gasteiger partial charge in [0.2, 0.25) is 0 Å². The first-order valence-electron chi connectivity index (χ1n) is 11.0. The summed E-state index contributed by atoms with van der Waals surface area (Å²) >= 11 is 0. The van der Waals surface area contributed by atoms with E-state index in [2.05, 4.69) is 0 Å². The molecule has 0 heterocycles. The smallest absolute Gasteiger partial charge is 0.468 e. The van der Waals surface area contributed by atoms with E-state index in [0.717, 1.165) is 0 Å². The van der Waals surface area contributed by atoms with Crippen LogP contribution in [0.3, 0.4) is 0 Å². The Kier molecular flexibility index (Phi) is 12.4. The molecule has 11 nitrogen and oxygen atoms in total. The van der Waals surface area contributed by atoms with Crippen LogP contribution in [0.25, 0.3) is 0 Å². The quantitative estimate of drug-likeness (QED) is 0.250. The van der Waals surface area contributed by atoms with Gasteiger partial charge in [-0.2, -0.15) is 0 Å². The van der Waals surface area contributed by atoms with E-state index in [1.165, 1.54) is 25.3 Å². The molecule has 0 aliphatic rings. The van der Waals surface area contributed by atoms with E-state index in [9.17, 15) is 19.2 Å². The Labute approximate surface area is 198 Å². The third-order valence-corrected chi connectivity index (χ3v) is 4.45. The van der Waals surface area contributed by atoms with Crippen LogP contribution in [0.5, 0.6) is 11.5 Å². The minimum Gasteiger partial charge on any atom is -0.468 e. The minimum atomic E-state index is -1.54. The van der Waals surface area contributed by atoms with Gasteiger partial charge in [-0.1, -0.05) is 26.8 Å². The summed E-state index contributed by atoms with van der Waals surface area (Å²) in [6, 6.07) is 4.30. The molecule has 34 heavy (non-hydrogen) atoms. The van der Waals surface area contributed by atoms with E-state index >= 15 is 0 Å². The van der Waals surface area contributed by atoms with Gasteiger partial charge in [0, 0.05) is 19.3 Å². The van der Waals surface area contributed by atoms with Crippen molar-refractivity contribution in [3.05, 3.63) is 23.8 Å². The number of carbonyl (C=O) groups excluding carboxylic acids is 4. The number of rotatable bonds is 13. The second-order valence-electron chi connectivity index (χ2n) is 7.33. The molecular formula is C23H33NO10. The number of esters is 2. The molecule has 0 bridgehead atoms. The molecule has 0 aromatic heterocycles. The lowest BCUT2D eigenvalue weighted by molar-refractivity contribution is -0.151. The predicted octanol–water partition coefficient (Wildman–Crippen LogP) is 3.29. The number of ether oxygens (including phenoxy) is 6. The summed E-state index contributed by atoms with van der Waals surface area (Å²) < 4.78 is 30.0. The molecule has 1 aromatic carbocycles. The van der Waals surface area contributed by atoms with Gasteiger partial charge in [-0.05, 0) is 30.5 Å². The fourth-order valence-electron chi connectivity index (χ4n) is 2.71. The highest BCUT2D eigenvalue weighted by Gasteiger charge is 2.36. The number of benzene rings is 1. The van der Waals surface area contributed by atoms with Crippen LogP contribution in [-0.2, 0) is 35.0 Å². The first-order valence-corrected chi connectivity index (χ1v) is 11.0. The monoisotopic (exact) mass is 483 g/mol. The summed E-state index contributed by atoms with van der Waals surface area (Å²) in [5, 5.41) is 0. The van der Waals surface area contributed by atoms with Gasteiger partial charge in [-0.25, -0.2) is 9.59 Å². The number of nitrogens with two attached hydrogens (primary N) is 1. The van der Waals surface area contributed by atoms with Crippen molar-refractivity contribution in [1.29, 1.82) is 0 Å². The summed E-state index contributed by atoms with van der Waals surface area (Å²) in [5.74, 6) is -1.36. The Bertz CT molecular complexity index is 841. The summed E-state index contributed by atoms with van der Waals surface area (Å²) in [5.41, 5.74) is 5.22. The van der Waals surface area contributed by atoms with E-state index < -0.39 is 29.8 Å². The Balaban J connectivity index is 3.15. The molecule has 0 spiro atoms. The molecule has 0 aliphatic heterocycles. The lowest BCUT2D eigenvalue weighted by Gasteiger charge is -2.26. The van der Waals surface area contributed by atoms with E-state index in [-0.39, 0.29) is 50.6 Å². The zero-order valence-corrected chi connectivity index (χ0v) is 20.0. The van der Waals surface area contributed by atoms with Gasteiger partial charge in [0.1, 0.15) is 5.54 Å². The van der Waals surface area contributed by atoms with Gasteiger partial charge in [0.05, 0.1) is 26.9 Å². The van der Waals surface area contributed by atoms with Crippen molar-refractivity contribution in [1.82, 2.24) is 0 Å². The fraction of sp³-hybridized carbons (Fsp3) is 0.565. The lowest BCUT2D eigenvalue weighted by Crippen LogP contribution is -2.51. The zero-order chi connectivity index (χ0) is 25.6. The third-order valence-electron chi connectivity index (χ3n) is 4.45. The molecule has 0 unspecified atom stereocenters. The van der Waals surface area contributed by atoms with Crippen molar-refractivity contribution in [3.8, 4) is 11.5 Å². The third kappa shape index (κ3) is 9.65. The zero-order valence-electron chi connectivity index (χ0n) is 20.0. The topological polar surface area (TPSA) is 150 Å². The second kappa shape index (κ2) is 14.7. The first-order chi connectivity index (χ1) is 16.2. The molecule has 11 heteroatoms. The fourth-order valence-corrected chi connectivity index (χ4v) is 2.71. The summed E-state index contributed by atoms with van der Waals surface area (Å²) in [6.45, 7) is 5.49. The highest BCUT2D eigenvalue weighted by Crippen LogP contribution is 2.31. The van der Waals surface area contributed by atoms with Crippen LogP contribution in [0, 0.1) is 0 Å². The molecule has 0 aliphatic carbocycles. The summed E-state index contributed by atoms with van der Waals surface area (Å²) in [7, 11) is 1.19. The van der Waals surface area contributed by atoms with Crippen molar-refractivity contribution in [2.45, 2.75) is 58.4 Å². The van der Waals surface area contributed by atoms with E-state index in [4.69, 9.17) is 34.2 Å². The van der Waals surface area contributed by atoms with E-state index in [1.807, 2.05) is 13.8 Å². The van der Waals surface area contributed by atoms with Gasteiger partial charge < -0.3 is 34.2 Å². The van der Waals surface area contributed by atoms with Crippen LogP contribution < -0.4 is 15.2 Å². The van der Waals surface area contributed by atoms with Crippen LogP contribution in [0.2, 0.25) is 0 Å². The van der Waals surface area contributed by atoms with Crippen molar-refractivity contribution >= 4 is 24.2 Å². The highest BCUT2D eigenvalue weighted by atomic mass is 16.7. The first kappa shape index (κ1) is 28.7. The maximum Gasteiger partial charge on any atom is 0.513 e. The SMILES string of the molecule is CCCOC(=O)Oc1ccc(C[C@](N)(CCOC(=O)CC)C(=O)OC)cc1OC(=O)OCCC. The predicted molar refractivity (Wildman–Crippen MR) is 119 cm³/mol. The van der Waals surface area contributed by atoms with Crippen molar-refractivity contribution in [2.24, 2.45) is 5.73 Å². The normalized spacial score (nSPS) is 12.1. The maximum atomic E-state index is 12.4. The molecule has 0 amide bonds. The van der Waals surface area contributed by atoms with E-state index in [0.29, 0.717) is 18.4 Å². The molecule has 1 rings (SSSR count). The number of hydrogen-bond acceptors (Lipinski definition) is 11. The standard InChI is InChI=1S/C23H33NO10/c1-5-11-31-21(27)33-17-9-8-16(14-18(17)34-22(28)32-12-6-2)15-23(24,20(26)29-4)10-13-30-19(25)7-3/h8-9,14H,5-7,10-13,15,24H2,1-4H3/t23-/m1/s1. The van der Waals surface area contributed by atoms with Crippen LogP contribution >= 0.6 is 0 Å². The number of methoxy groups -OCH3 is 1. The Morgan fingerprint density at radius 1 is 0.853 bits per heavy atom. The van der Waals surface area contributed by atoms with Gasteiger partial charge in [0.15, 0.2) is 11.5 Å². The van der Waals surface area contributed by atoms with Gasteiger partial charge >= 0.3 is 24.2 Å². The maximum absolute atomic E-state index is 12.4. The molecule has 0 saturated carbocycles. The molecule has 190 valence electrons. The molecular weight excluding hydrogens is 450 g/mol. The average Bonchev–Trinajstić information content (AvgIpc) is 2.82. The highest BCUT2D eigenvalue weighted by molar-refractivity contribution is 5.81. The lowest BCUT2D eigenvalue weighted by atomic mass is 9.88. The van der Waals surface area contributed by atoms with Crippen molar-refractivity contribution in [3.63, 3.8) is 0 Å². The number of hydrogen-bond donors (Lipinski definition) is 1. The van der Waals surface area contributed by atoms with E-state index in [1.54, 1.807) is 6.92 Å². The number of carbonyl (C=O) groups is 4. The van der Waals surface area contributed by atoms with Crippen LogP contribution in [0.15, 0.2) is 18.2 Å². The molecule has 2 N–H and O–H groups in total. The Morgan fingerprint density at radius 2 is 1.44 bits per heavy atom. The van der Waals surface area contributed by atoms with Crippen LogP contribution in [0.1, 0.15) is 52.0 Å². The minimum absolute atomic E-state index is 0.0122. The van der Waals surface area contributed by atoms with Crippen molar-refractivity contribution < 1.29 is 47.6 Å². The van der Waals surface area contributed by atoms with Gasteiger partial charge in [-0.15, -0.1) is 0 Å². The molecule has 0 fully saturated rings. The summed E-state index contributed by atoms with van der Waals surface area (Å²) in [6.07, 6.45) is -0.663. The molecule has 0 radical (unpaired) electrons. The van der Waals surface area contributed by atoms with Crippen LogP contribution in [-0.4, -0.2) is 56.7 Å².